The van der Waals surface area contributed by atoms with Gasteiger partial charge in [-0.05, 0) is 55.8 Å². The Balaban J connectivity index is 2.09. The standard InChI is InChI=1S/C18H21NO5S/c1-4-12(3)24-16(20)11-19-17(21)15(25-18(19)22)10-13-7-6-8-14(9-13)23-5-2/h6-10,12H,4-5,11H2,1-3H3/b15-10-/t12-/m1/s1. The quantitative estimate of drug-likeness (QED) is 0.546. The van der Waals surface area contributed by atoms with Crippen LogP contribution in [-0.4, -0.2) is 41.3 Å². The zero-order chi connectivity index (χ0) is 18.4. The van der Waals surface area contributed by atoms with Gasteiger partial charge < -0.3 is 9.47 Å². The maximum atomic E-state index is 12.4. The second-order valence-electron chi connectivity index (χ2n) is 5.48. The molecule has 25 heavy (non-hydrogen) atoms. The maximum absolute atomic E-state index is 12.4. The summed E-state index contributed by atoms with van der Waals surface area (Å²) in [7, 11) is 0. The fourth-order valence-corrected chi connectivity index (χ4v) is 2.96. The number of benzene rings is 1. The lowest BCUT2D eigenvalue weighted by Gasteiger charge is -2.14. The lowest BCUT2D eigenvalue weighted by atomic mass is 10.2. The van der Waals surface area contributed by atoms with Gasteiger partial charge in [0.15, 0.2) is 0 Å². The third-order valence-corrected chi connectivity index (χ3v) is 4.44. The molecule has 0 N–H and O–H groups in total. The van der Waals surface area contributed by atoms with E-state index in [-0.39, 0.29) is 17.6 Å². The van der Waals surface area contributed by atoms with Crippen molar-refractivity contribution in [1.29, 1.82) is 0 Å². The Labute approximate surface area is 151 Å². The van der Waals surface area contributed by atoms with Crippen molar-refractivity contribution < 1.29 is 23.9 Å². The van der Waals surface area contributed by atoms with Crippen molar-refractivity contribution in [2.45, 2.75) is 33.3 Å². The SMILES string of the molecule is CCOc1cccc(/C=C2\SC(=O)N(CC(=O)O[C@H](C)CC)C2=O)c1. The smallest absolute Gasteiger partial charge is 0.326 e. The highest BCUT2D eigenvalue weighted by Crippen LogP contribution is 2.32. The summed E-state index contributed by atoms with van der Waals surface area (Å²) in [6.45, 7) is 5.70. The van der Waals surface area contributed by atoms with Crippen molar-refractivity contribution in [3.05, 3.63) is 34.7 Å². The van der Waals surface area contributed by atoms with Crippen LogP contribution >= 0.6 is 11.8 Å². The molecule has 0 bridgehead atoms. The molecule has 1 saturated heterocycles. The van der Waals surface area contributed by atoms with E-state index in [1.807, 2.05) is 32.0 Å². The van der Waals surface area contributed by atoms with E-state index in [0.29, 0.717) is 18.8 Å². The summed E-state index contributed by atoms with van der Waals surface area (Å²) < 4.78 is 10.5. The minimum atomic E-state index is -0.587. The number of nitrogens with zero attached hydrogens (tertiary/aromatic N) is 1. The normalized spacial score (nSPS) is 17.1. The zero-order valence-electron chi connectivity index (χ0n) is 14.5. The minimum absolute atomic E-state index is 0.246. The van der Waals surface area contributed by atoms with E-state index in [4.69, 9.17) is 9.47 Å². The number of imide groups is 1. The number of ether oxygens (including phenoxy) is 2. The number of rotatable bonds is 7. The van der Waals surface area contributed by atoms with E-state index in [0.717, 1.165) is 22.2 Å². The Hall–Kier alpha value is -2.28. The molecule has 1 aliphatic rings. The molecule has 0 saturated carbocycles. The first-order chi connectivity index (χ1) is 11.9. The van der Waals surface area contributed by atoms with Crippen LogP contribution < -0.4 is 4.74 Å². The molecule has 0 spiro atoms. The summed E-state index contributed by atoms with van der Waals surface area (Å²) in [4.78, 5) is 37.4. The van der Waals surface area contributed by atoms with Gasteiger partial charge in [-0.25, -0.2) is 0 Å². The molecule has 134 valence electrons. The van der Waals surface area contributed by atoms with E-state index in [1.54, 1.807) is 19.1 Å². The molecule has 1 atom stereocenters. The molecule has 2 amide bonds. The summed E-state index contributed by atoms with van der Waals surface area (Å²) >= 11 is 0.812. The first kappa shape index (κ1) is 19.1. The Morgan fingerprint density at radius 2 is 2.08 bits per heavy atom. The van der Waals surface area contributed by atoms with Crippen LogP contribution in [0.15, 0.2) is 29.2 Å². The van der Waals surface area contributed by atoms with Gasteiger partial charge in [0.25, 0.3) is 11.1 Å². The molecule has 1 aromatic rings. The van der Waals surface area contributed by atoms with Gasteiger partial charge in [0.2, 0.25) is 0 Å². The Kier molecular flexibility index (Phi) is 6.64. The molecule has 0 radical (unpaired) electrons. The molecule has 0 aromatic heterocycles. The van der Waals surface area contributed by atoms with Crippen LogP contribution in [0.25, 0.3) is 6.08 Å². The Morgan fingerprint density at radius 3 is 2.76 bits per heavy atom. The van der Waals surface area contributed by atoms with E-state index in [2.05, 4.69) is 0 Å². The average molecular weight is 363 g/mol. The maximum Gasteiger partial charge on any atom is 0.326 e. The lowest BCUT2D eigenvalue weighted by molar-refractivity contribution is -0.150. The fourth-order valence-electron chi connectivity index (χ4n) is 2.12. The number of amides is 2. The molecular weight excluding hydrogens is 342 g/mol. The number of carbonyl (C=O) groups excluding carboxylic acids is 3. The summed E-state index contributed by atoms with van der Waals surface area (Å²) in [6.07, 6.45) is 2.04. The van der Waals surface area contributed by atoms with Crippen LogP contribution in [0, 0.1) is 0 Å². The predicted molar refractivity (Wildman–Crippen MR) is 96.1 cm³/mol. The van der Waals surface area contributed by atoms with Crippen LogP contribution in [0.4, 0.5) is 4.79 Å². The molecule has 1 aromatic carbocycles. The van der Waals surface area contributed by atoms with Crippen molar-refractivity contribution in [3.8, 4) is 5.75 Å². The van der Waals surface area contributed by atoms with E-state index < -0.39 is 17.1 Å². The van der Waals surface area contributed by atoms with Gasteiger partial charge >= 0.3 is 5.97 Å². The fraction of sp³-hybridized carbons (Fsp3) is 0.389. The minimum Gasteiger partial charge on any atom is -0.494 e. The molecule has 0 unspecified atom stereocenters. The second-order valence-corrected chi connectivity index (χ2v) is 6.48. The van der Waals surface area contributed by atoms with Crippen molar-refractivity contribution in [1.82, 2.24) is 4.90 Å². The summed E-state index contributed by atoms with van der Waals surface area (Å²) in [5.74, 6) is -0.387. The highest BCUT2D eigenvalue weighted by atomic mass is 32.2. The van der Waals surface area contributed by atoms with Crippen molar-refractivity contribution in [3.63, 3.8) is 0 Å². The number of esters is 1. The number of hydrogen-bond acceptors (Lipinski definition) is 6. The molecule has 2 rings (SSSR count). The Morgan fingerprint density at radius 1 is 1.32 bits per heavy atom. The summed E-state index contributed by atoms with van der Waals surface area (Å²) in [5, 5.41) is -0.474. The predicted octanol–water partition coefficient (Wildman–Crippen LogP) is 3.46. The van der Waals surface area contributed by atoms with E-state index in [9.17, 15) is 14.4 Å². The molecule has 7 heteroatoms. The van der Waals surface area contributed by atoms with Crippen LogP contribution in [0.2, 0.25) is 0 Å². The first-order valence-electron chi connectivity index (χ1n) is 8.12. The van der Waals surface area contributed by atoms with Gasteiger partial charge in [-0.2, -0.15) is 0 Å². The largest absolute Gasteiger partial charge is 0.494 e. The van der Waals surface area contributed by atoms with Crippen molar-refractivity contribution in [2.75, 3.05) is 13.2 Å². The average Bonchev–Trinajstić information content (AvgIpc) is 2.83. The van der Waals surface area contributed by atoms with Crippen molar-refractivity contribution in [2.24, 2.45) is 0 Å². The highest BCUT2D eigenvalue weighted by molar-refractivity contribution is 8.18. The number of carbonyl (C=O) groups is 3. The third kappa shape index (κ3) is 5.09. The van der Waals surface area contributed by atoms with Crippen molar-refractivity contribution >= 4 is 35.0 Å². The van der Waals surface area contributed by atoms with Gasteiger partial charge in [-0.15, -0.1) is 0 Å². The lowest BCUT2D eigenvalue weighted by Crippen LogP contribution is -2.35. The molecule has 1 fully saturated rings. The molecular formula is C18H21NO5S. The van der Waals surface area contributed by atoms with Gasteiger partial charge in [0.05, 0.1) is 17.6 Å². The summed E-state index contributed by atoms with van der Waals surface area (Å²) in [6, 6.07) is 7.23. The third-order valence-electron chi connectivity index (χ3n) is 3.54. The monoisotopic (exact) mass is 363 g/mol. The van der Waals surface area contributed by atoms with Gasteiger partial charge in [-0.3, -0.25) is 19.3 Å². The molecule has 0 aliphatic carbocycles. The van der Waals surface area contributed by atoms with Gasteiger partial charge in [0, 0.05) is 0 Å². The first-order valence-corrected chi connectivity index (χ1v) is 8.94. The van der Waals surface area contributed by atoms with E-state index in [1.165, 1.54) is 0 Å². The van der Waals surface area contributed by atoms with Crippen LogP contribution in [0.1, 0.15) is 32.8 Å². The molecule has 1 aliphatic heterocycles. The number of thioether (sulfide) groups is 1. The van der Waals surface area contributed by atoms with Crippen LogP contribution in [0.5, 0.6) is 5.75 Å². The zero-order valence-corrected chi connectivity index (χ0v) is 15.3. The topological polar surface area (TPSA) is 72.9 Å². The molecule has 1 heterocycles. The highest BCUT2D eigenvalue weighted by Gasteiger charge is 2.36. The number of hydrogen-bond donors (Lipinski definition) is 0. The van der Waals surface area contributed by atoms with E-state index >= 15 is 0 Å². The van der Waals surface area contributed by atoms with Crippen LogP contribution in [0.3, 0.4) is 0 Å². The summed E-state index contributed by atoms with van der Waals surface area (Å²) in [5.41, 5.74) is 0.749. The van der Waals surface area contributed by atoms with Gasteiger partial charge in [-0.1, -0.05) is 19.1 Å². The molecule has 6 nitrogen and oxygen atoms in total. The second kappa shape index (κ2) is 8.71. The Bertz CT molecular complexity index is 700. The van der Waals surface area contributed by atoms with Gasteiger partial charge in [0.1, 0.15) is 12.3 Å². The van der Waals surface area contributed by atoms with Crippen LogP contribution in [-0.2, 0) is 14.3 Å².